The number of piperidine rings is 1. The summed E-state index contributed by atoms with van der Waals surface area (Å²) in [7, 11) is 1.61. The molecule has 6 nitrogen and oxygen atoms in total. The molecule has 0 saturated carbocycles. The van der Waals surface area contributed by atoms with Crippen LogP contribution in [0, 0.1) is 6.92 Å². The van der Waals surface area contributed by atoms with Crippen molar-refractivity contribution in [3.63, 3.8) is 0 Å². The van der Waals surface area contributed by atoms with Gasteiger partial charge in [-0.25, -0.2) is 0 Å². The van der Waals surface area contributed by atoms with Crippen molar-refractivity contribution < 1.29 is 18.7 Å². The van der Waals surface area contributed by atoms with E-state index in [0.29, 0.717) is 43.2 Å². The lowest BCUT2D eigenvalue weighted by Crippen LogP contribution is -2.42. The third kappa shape index (κ3) is 4.02. The van der Waals surface area contributed by atoms with E-state index in [0.717, 1.165) is 0 Å². The Kier molecular flexibility index (Phi) is 5.07. The Balaban J connectivity index is 1.61. The Morgan fingerprint density at radius 3 is 2.48 bits per heavy atom. The quantitative estimate of drug-likeness (QED) is 0.854. The van der Waals surface area contributed by atoms with Crippen LogP contribution in [0.1, 0.15) is 29.2 Å². The zero-order valence-electron chi connectivity index (χ0n) is 14.4. The molecular formula is C19H21NO5. The van der Waals surface area contributed by atoms with Crippen LogP contribution in [0.3, 0.4) is 0 Å². The predicted molar refractivity (Wildman–Crippen MR) is 92.3 cm³/mol. The van der Waals surface area contributed by atoms with Crippen molar-refractivity contribution >= 4 is 5.91 Å². The number of carbonyl (C=O) groups excluding carboxylic acids is 1. The average molecular weight is 343 g/mol. The maximum Gasteiger partial charge on any atom is 0.289 e. The van der Waals surface area contributed by atoms with Crippen LogP contribution in [0.15, 0.2) is 45.6 Å². The van der Waals surface area contributed by atoms with Gasteiger partial charge in [0, 0.05) is 38.1 Å². The van der Waals surface area contributed by atoms with Gasteiger partial charge in [0.1, 0.15) is 11.9 Å². The average Bonchev–Trinajstić information content (AvgIpc) is 2.61. The molecule has 1 aromatic heterocycles. The number of amides is 1. The second-order valence-corrected chi connectivity index (χ2v) is 6.03. The van der Waals surface area contributed by atoms with Gasteiger partial charge in [0.15, 0.2) is 22.7 Å². The van der Waals surface area contributed by atoms with E-state index in [9.17, 15) is 9.59 Å². The zero-order chi connectivity index (χ0) is 17.8. The first-order chi connectivity index (χ1) is 12.1. The molecule has 0 spiro atoms. The van der Waals surface area contributed by atoms with Crippen LogP contribution in [-0.2, 0) is 0 Å². The molecule has 0 unspecified atom stereocenters. The molecule has 0 aliphatic carbocycles. The summed E-state index contributed by atoms with van der Waals surface area (Å²) in [6.07, 6.45) is 1.43. The molecule has 1 aliphatic rings. The Morgan fingerprint density at radius 1 is 1.16 bits per heavy atom. The number of hydrogen-bond donors (Lipinski definition) is 0. The number of aryl methyl sites for hydroxylation is 1. The minimum absolute atomic E-state index is 0.0184. The van der Waals surface area contributed by atoms with Gasteiger partial charge in [0.05, 0.1) is 7.11 Å². The van der Waals surface area contributed by atoms with Crippen LogP contribution < -0.4 is 14.9 Å². The zero-order valence-corrected chi connectivity index (χ0v) is 14.4. The number of benzene rings is 1. The van der Waals surface area contributed by atoms with E-state index in [1.165, 1.54) is 12.1 Å². The van der Waals surface area contributed by atoms with Crippen molar-refractivity contribution in [2.45, 2.75) is 25.9 Å². The minimum atomic E-state index is -0.253. The first-order valence-corrected chi connectivity index (χ1v) is 8.27. The highest BCUT2D eigenvalue weighted by Crippen LogP contribution is 2.29. The van der Waals surface area contributed by atoms with Gasteiger partial charge in [-0.2, -0.15) is 0 Å². The van der Waals surface area contributed by atoms with Crippen LogP contribution in [-0.4, -0.2) is 37.1 Å². The second kappa shape index (κ2) is 7.42. The van der Waals surface area contributed by atoms with Gasteiger partial charge < -0.3 is 18.8 Å². The van der Waals surface area contributed by atoms with Crippen LogP contribution in [0.5, 0.6) is 11.5 Å². The van der Waals surface area contributed by atoms with Crippen molar-refractivity contribution in [1.29, 1.82) is 0 Å². The van der Waals surface area contributed by atoms with Gasteiger partial charge in [0.25, 0.3) is 5.91 Å². The van der Waals surface area contributed by atoms with Crippen molar-refractivity contribution in [3.8, 4) is 11.5 Å². The Hall–Kier alpha value is -2.76. The summed E-state index contributed by atoms with van der Waals surface area (Å²) in [6, 6.07) is 10.1. The summed E-state index contributed by atoms with van der Waals surface area (Å²) in [6.45, 7) is 2.76. The van der Waals surface area contributed by atoms with Gasteiger partial charge in [0.2, 0.25) is 0 Å². The Bertz CT molecular complexity index is 805. The monoisotopic (exact) mass is 343 g/mol. The maximum atomic E-state index is 12.5. The smallest absolute Gasteiger partial charge is 0.289 e. The molecule has 6 heteroatoms. The highest BCUT2D eigenvalue weighted by Gasteiger charge is 2.26. The first kappa shape index (κ1) is 17.1. The summed E-state index contributed by atoms with van der Waals surface area (Å²) in [4.78, 5) is 25.7. The molecule has 0 N–H and O–H groups in total. The van der Waals surface area contributed by atoms with Gasteiger partial charge >= 0.3 is 0 Å². The van der Waals surface area contributed by atoms with Crippen molar-refractivity contribution in [2.24, 2.45) is 0 Å². The number of likely N-dealkylation sites (tertiary alicyclic amines) is 1. The van der Waals surface area contributed by atoms with E-state index in [2.05, 4.69) is 0 Å². The maximum absolute atomic E-state index is 12.5. The fourth-order valence-electron chi connectivity index (χ4n) is 2.94. The molecule has 1 amide bonds. The molecule has 0 atom stereocenters. The molecule has 1 saturated heterocycles. The Morgan fingerprint density at radius 2 is 1.84 bits per heavy atom. The SMILES string of the molecule is COc1ccccc1OC1CCN(C(=O)c2cc(=O)cc(C)o2)CC1. The van der Waals surface area contributed by atoms with E-state index in [-0.39, 0.29) is 23.2 Å². The van der Waals surface area contributed by atoms with Gasteiger partial charge in [-0.15, -0.1) is 0 Å². The molecule has 1 fully saturated rings. The molecule has 2 heterocycles. The van der Waals surface area contributed by atoms with E-state index in [4.69, 9.17) is 13.9 Å². The van der Waals surface area contributed by atoms with E-state index >= 15 is 0 Å². The number of hydrogen-bond acceptors (Lipinski definition) is 5. The molecular weight excluding hydrogens is 322 g/mol. The van der Waals surface area contributed by atoms with Gasteiger partial charge in [-0.05, 0) is 19.1 Å². The Labute approximate surface area is 146 Å². The number of methoxy groups -OCH3 is 1. The second-order valence-electron chi connectivity index (χ2n) is 6.03. The normalized spacial score (nSPS) is 15.0. The number of para-hydroxylation sites is 2. The van der Waals surface area contributed by atoms with E-state index in [1.54, 1.807) is 18.9 Å². The fourth-order valence-corrected chi connectivity index (χ4v) is 2.94. The third-order valence-corrected chi connectivity index (χ3v) is 4.19. The topological polar surface area (TPSA) is 69.0 Å². The number of carbonyl (C=O) groups is 1. The fraction of sp³-hybridized carbons (Fsp3) is 0.368. The van der Waals surface area contributed by atoms with Gasteiger partial charge in [-0.1, -0.05) is 12.1 Å². The lowest BCUT2D eigenvalue weighted by Gasteiger charge is -2.32. The number of rotatable bonds is 4. The van der Waals surface area contributed by atoms with Crippen molar-refractivity contribution in [3.05, 3.63) is 58.1 Å². The standard InChI is InChI=1S/C19H21NO5/c1-13-11-14(21)12-18(24-13)19(22)20-9-7-15(8-10-20)25-17-6-4-3-5-16(17)23-2/h3-6,11-12,15H,7-10H2,1-2H3. The molecule has 25 heavy (non-hydrogen) atoms. The van der Waals surface area contributed by atoms with Crippen molar-refractivity contribution in [2.75, 3.05) is 20.2 Å². The molecule has 0 radical (unpaired) electrons. The molecule has 1 aliphatic heterocycles. The van der Waals surface area contributed by atoms with Gasteiger partial charge in [-0.3, -0.25) is 9.59 Å². The van der Waals surface area contributed by atoms with Crippen molar-refractivity contribution in [1.82, 2.24) is 4.90 Å². The van der Waals surface area contributed by atoms with E-state index < -0.39 is 0 Å². The number of nitrogens with zero attached hydrogens (tertiary/aromatic N) is 1. The molecule has 3 rings (SSSR count). The van der Waals surface area contributed by atoms with Crippen LogP contribution in [0.2, 0.25) is 0 Å². The molecule has 0 bridgehead atoms. The predicted octanol–water partition coefficient (Wildman–Crippen LogP) is 2.64. The largest absolute Gasteiger partial charge is 0.493 e. The summed E-state index contributed by atoms with van der Waals surface area (Å²) in [5, 5.41) is 0. The highest BCUT2D eigenvalue weighted by molar-refractivity contribution is 5.91. The number of ether oxygens (including phenoxy) is 2. The summed E-state index contributed by atoms with van der Waals surface area (Å²) in [5.41, 5.74) is -0.221. The lowest BCUT2D eigenvalue weighted by molar-refractivity contribution is 0.0558. The lowest BCUT2D eigenvalue weighted by atomic mass is 10.1. The van der Waals surface area contributed by atoms with Crippen LogP contribution in [0.4, 0.5) is 0 Å². The highest BCUT2D eigenvalue weighted by atomic mass is 16.5. The summed E-state index contributed by atoms with van der Waals surface area (Å²) >= 11 is 0. The summed E-state index contributed by atoms with van der Waals surface area (Å²) in [5.74, 6) is 1.68. The molecule has 132 valence electrons. The van der Waals surface area contributed by atoms with Crippen LogP contribution >= 0.6 is 0 Å². The molecule has 2 aromatic rings. The third-order valence-electron chi connectivity index (χ3n) is 4.19. The summed E-state index contributed by atoms with van der Waals surface area (Å²) < 4.78 is 16.7. The molecule has 1 aromatic carbocycles. The van der Waals surface area contributed by atoms with E-state index in [1.807, 2.05) is 24.3 Å². The van der Waals surface area contributed by atoms with Crippen LogP contribution in [0.25, 0.3) is 0 Å². The minimum Gasteiger partial charge on any atom is -0.493 e. The first-order valence-electron chi connectivity index (χ1n) is 8.27.